The van der Waals surface area contributed by atoms with Gasteiger partial charge in [-0.3, -0.25) is 9.78 Å². The third-order valence-corrected chi connectivity index (χ3v) is 3.08. The van der Waals surface area contributed by atoms with Crippen LogP contribution in [0.5, 0.6) is 5.75 Å². The van der Waals surface area contributed by atoms with E-state index in [0.29, 0.717) is 11.2 Å². The molecule has 0 aliphatic rings. The highest BCUT2D eigenvalue weighted by Crippen LogP contribution is 2.22. The first-order valence-electron chi connectivity index (χ1n) is 6.45. The maximum absolute atomic E-state index is 12.1. The number of para-hydroxylation sites is 1. The van der Waals surface area contributed by atoms with E-state index in [1.54, 1.807) is 42.7 Å². The first kappa shape index (κ1) is 13.0. The summed E-state index contributed by atoms with van der Waals surface area (Å²) >= 11 is 0. The number of allylic oxidation sites excluding steroid dienone is 1. The molecule has 0 bridgehead atoms. The number of phenolic OH excluding ortho intramolecular Hbond substituents is 1. The normalized spacial score (nSPS) is 11.0. The molecule has 0 unspecified atom stereocenters. The van der Waals surface area contributed by atoms with Gasteiger partial charge in [-0.1, -0.05) is 24.3 Å². The molecule has 0 amide bonds. The molecule has 0 atom stereocenters. The van der Waals surface area contributed by atoms with Gasteiger partial charge in [0.2, 0.25) is 5.78 Å². The number of ketones is 1. The molecule has 21 heavy (non-hydrogen) atoms. The summed E-state index contributed by atoms with van der Waals surface area (Å²) in [5, 5.41) is 10.6. The molecule has 102 valence electrons. The van der Waals surface area contributed by atoms with Gasteiger partial charge < -0.3 is 5.11 Å². The summed E-state index contributed by atoms with van der Waals surface area (Å²) in [7, 11) is 0. The number of phenols is 1. The molecule has 3 aromatic rings. The first-order chi connectivity index (χ1) is 10.2. The first-order valence-corrected chi connectivity index (χ1v) is 6.45. The van der Waals surface area contributed by atoms with Crippen LogP contribution in [0, 0.1) is 0 Å². The second kappa shape index (κ2) is 5.54. The van der Waals surface area contributed by atoms with Gasteiger partial charge in [-0.15, -0.1) is 0 Å². The lowest BCUT2D eigenvalue weighted by Crippen LogP contribution is -1.98. The Morgan fingerprint density at radius 3 is 2.67 bits per heavy atom. The molecule has 1 aromatic carbocycles. The largest absolute Gasteiger partial charge is 0.506 e. The van der Waals surface area contributed by atoms with Crippen molar-refractivity contribution in [2.24, 2.45) is 0 Å². The average Bonchev–Trinajstić information content (AvgIpc) is 2.54. The third kappa shape index (κ3) is 2.79. The molecule has 4 heteroatoms. The van der Waals surface area contributed by atoms with Crippen molar-refractivity contribution in [2.45, 2.75) is 0 Å². The Morgan fingerprint density at radius 2 is 1.86 bits per heavy atom. The van der Waals surface area contributed by atoms with Crippen molar-refractivity contribution >= 4 is 22.8 Å². The molecule has 0 radical (unpaired) electrons. The second-order valence-electron chi connectivity index (χ2n) is 4.52. The predicted octanol–water partition coefficient (Wildman–Crippen LogP) is 3.23. The van der Waals surface area contributed by atoms with Crippen LogP contribution in [0.3, 0.4) is 0 Å². The summed E-state index contributed by atoms with van der Waals surface area (Å²) in [6.45, 7) is 0. The highest BCUT2D eigenvalue weighted by molar-refractivity contribution is 6.06. The van der Waals surface area contributed by atoms with Crippen molar-refractivity contribution in [3.05, 3.63) is 72.2 Å². The summed E-state index contributed by atoms with van der Waals surface area (Å²) in [6, 6.07) is 12.2. The average molecular weight is 276 g/mol. The molecule has 0 aliphatic heterocycles. The minimum absolute atomic E-state index is 0.0697. The molecular weight excluding hydrogens is 264 g/mol. The van der Waals surface area contributed by atoms with E-state index in [0.717, 1.165) is 10.9 Å². The van der Waals surface area contributed by atoms with Crippen molar-refractivity contribution in [2.75, 3.05) is 0 Å². The lowest BCUT2D eigenvalue weighted by Gasteiger charge is -2.01. The molecule has 0 aliphatic carbocycles. The van der Waals surface area contributed by atoms with E-state index in [9.17, 15) is 9.90 Å². The van der Waals surface area contributed by atoms with Crippen LogP contribution >= 0.6 is 0 Å². The number of aromatic nitrogens is 2. The van der Waals surface area contributed by atoms with Crippen molar-refractivity contribution in [3.63, 3.8) is 0 Å². The highest BCUT2D eigenvalue weighted by Gasteiger charge is 2.07. The maximum atomic E-state index is 12.1. The molecule has 2 heterocycles. The fourth-order valence-electron chi connectivity index (χ4n) is 2.00. The molecule has 0 saturated carbocycles. The Morgan fingerprint density at radius 1 is 1.05 bits per heavy atom. The summed E-state index contributed by atoms with van der Waals surface area (Å²) in [6.07, 6.45) is 6.50. The van der Waals surface area contributed by atoms with E-state index in [1.165, 1.54) is 6.08 Å². The topological polar surface area (TPSA) is 63.1 Å². The lowest BCUT2D eigenvalue weighted by atomic mass is 10.1. The SMILES string of the molecule is O=C(C=Cc1ccncc1)c1ccc2cccc(O)c2n1. The van der Waals surface area contributed by atoms with Gasteiger partial charge in [0, 0.05) is 17.8 Å². The molecule has 1 N–H and O–H groups in total. The van der Waals surface area contributed by atoms with E-state index >= 15 is 0 Å². The van der Waals surface area contributed by atoms with Gasteiger partial charge in [-0.2, -0.15) is 0 Å². The smallest absolute Gasteiger partial charge is 0.204 e. The Labute approximate surface area is 121 Å². The van der Waals surface area contributed by atoms with Gasteiger partial charge in [-0.25, -0.2) is 4.98 Å². The number of hydrogen-bond donors (Lipinski definition) is 1. The molecule has 0 spiro atoms. The Bertz CT molecular complexity index is 827. The number of carbonyl (C=O) groups is 1. The molecular formula is C17H12N2O2. The zero-order valence-corrected chi connectivity index (χ0v) is 11.1. The van der Waals surface area contributed by atoms with Crippen LogP contribution in [0.4, 0.5) is 0 Å². The minimum atomic E-state index is -0.211. The molecule has 4 nitrogen and oxygen atoms in total. The van der Waals surface area contributed by atoms with Crippen LogP contribution in [0.25, 0.3) is 17.0 Å². The lowest BCUT2D eigenvalue weighted by molar-refractivity contribution is 0.104. The van der Waals surface area contributed by atoms with Crippen molar-refractivity contribution in [3.8, 4) is 5.75 Å². The van der Waals surface area contributed by atoms with Gasteiger partial charge in [0.25, 0.3) is 0 Å². The number of aromatic hydroxyl groups is 1. The third-order valence-electron chi connectivity index (χ3n) is 3.08. The number of benzene rings is 1. The van der Waals surface area contributed by atoms with Crippen molar-refractivity contribution in [1.29, 1.82) is 0 Å². The number of hydrogen-bond acceptors (Lipinski definition) is 4. The fraction of sp³-hybridized carbons (Fsp3) is 0. The minimum Gasteiger partial charge on any atom is -0.506 e. The van der Waals surface area contributed by atoms with Crippen LogP contribution in [-0.2, 0) is 0 Å². The van der Waals surface area contributed by atoms with Crippen LogP contribution in [-0.4, -0.2) is 20.9 Å². The van der Waals surface area contributed by atoms with Crippen LogP contribution in [0.15, 0.2) is 60.9 Å². The van der Waals surface area contributed by atoms with Crippen molar-refractivity contribution in [1.82, 2.24) is 9.97 Å². The number of nitrogens with zero attached hydrogens (tertiary/aromatic N) is 2. The number of fused-ring (bicyclic) bond motifs is 1. The quantitative estimate of drug-likeness (QED) is 0.589. The highest BCUT2D eigenvalue weighted by atomic mass is 16.3. The van der Waals surface area contributed by atoms with Gasteiger partial charge in [0.05, 0.1) is 0 Å². The van der Waals surface area contributed by atoms with Gasteiger partial charge in [0.15, 0.2) is 0 Å². The zero-order chi connectivity index (χ0) is 14.7. The summed E-state index contributed by atoms with van der Waals surface area (Å²) < 4.78 is 0. The number of carbonyl (C=O) groups excluding carboxylic acids is 1. The van der Waals surface area contributed by atoms with Crippen LogP contribution < -0.4 is 0 Å². The second-order valence-corrected chi connectivity index (χ2v) is 4.52. The Hall–Kier alpha value is -3.01. The van der Waals surface area contributed by atoms with E-state index in [1.807, 2.05) is 18.2 Å². The standard InChI is InChI=1S/C17H12N2O2/c20-15(7-4-12-8-10-18-11-9-12)14-6-5-13-2-1-3-16(21)17(13)19-14/h1-11,21H. The molecule has 3 rings (SSSR count). The number of rotatable bonds is 3. The molecule has 2 aromatic heterocycles. The number of pyridine rings is 2. The van der Waals surface area contributed by atoms with E-state index in [-0.39, 0.29) is 11.5 Å². The summed E-state index contributed by atoms with van der Waals surface area (Å²) in [5.41, 5.74) is 1.62. The van der Waals surface area contributed by atoms with Crippen molar-refractivity contribution < 1.29 is 9.90 Å². The van der Waals surface area contributed by atoms with Gasteiger partial charge >= 0.3 is 0 Å². The zero-order valence-electron chi connectivity index (χ0n) is 11.1. The van der Waals surface area contributed by atoms with Crippen LogP contribution in [0.2, 0.25) is 0 Å². The summed E-state index contributed by atoms with van der Waals surface area (Å²) in [4.78, 5) is 20.3. The molecule has 0 saturated heterocycles. The van der Waals surface area contributed by atoms with E-state index < -0.39 is 0 Å². The molecule has 0 fully saturated rings. The van der Waals surface area contributed by atoms with E-state index in [2.05, 4.69) is 9.97 Å². The van der Waals surface area contributed by atoms with E-state index in [4.69, 9.17) is 0 Å². The van der Waals surface area contributed by atoms with Gasteiger partial charge in [0.1, 0.15) is 17.0 Å². The van der Waals surface area contributed by atoms with Gasteiger partial charge in [-0.05, 0) is 35.9 Å². The summed E-state index contributed by atoms with van der Waals surface area (Å²) in [5.74, 6) is -0.141. The van der Waals surface area contributed by atoms with Crippen LogP contribution in [0.1, 0.15) is 16.1 Å². The maximum Gasteiger partial charge on any atom is 0.204 e. The monoisotopic (exact) mass is 276 g/mol. The Balaban J connectivity index is 1.91. The Kier molecular flexibility index (Phi) is 3.43. The fourth-order valence-corrected chi connectivity index (χ4v) is 2.00. The predicted molar refractivity (Wildman–Crippen MR) is 81.0 cm³/mol.